The highest BCUT2D eigenvalue weighted by Gasteiger charge is 2.09. The number of amides is 1. The first-order valence-corrected chi connectivity index (χ1v) is 6.47. The summed E-state index contributed by atoms with van der Waals surface area (Å²) < 4.78 is 4.93. The number of aromatic nitrogens is 2. The van der Waals surface area contributed by atoms with Crippen LogP contribution in [0, 0.1) is 25.7 Å². The lowest BCUT2D eigenvalue weighted by Gasteiger charge is -2.05. The highest BCUT2D eigenvalue weighted by atomic mass is 16.5. The minimum atomic E-state index is -0.202. The van der Waals surface area contributed by atoms with Crippen molar-refractivity contribution in [2.24, 2.45) is 5.73 Å². The summed E-state index contributed by atoms with van der Waals surface area (Å²) in [6.45, 7) is 4.14. The van der Waals surface area contributed by atoms with Crippen molar-refractivity contribution in [2.75, 3.05) is 6.54 Å². The molecule has 6 heteroatoms. The van der Waals surface area contributed by atoms with Gasteiger partial charge in [-0.2, -0.15) is 4.98 Å². The largest absolute Gasteiger partial charge is 0.343 e. The van der Waals surface area contributed by atoms with Crippen LogP contribution < -0.4 is 11.1 Å². The van der Waals surface area contributed by atoms with Crippen molar-refractivity contribution in [3.05, 3.63) is 46.6 Å². The van der Waals surface area contributed by atoms with Gasteiger partial charge in [0, 0.05) is 11.1 Å². The van der Waals surface area contributed by atoms with Crippen molar-refractivity contribution < 1.29 is 9.32 Å². The minimum Gasteiger partial charge on any atom is -0.343 e. The van der Waals surface area contributed by atoms with Gasteiger partial charge in [0.25, 0.3) is 5.91 Å². The zero-order valence-corrected chi connectivity index (χ0v) is 11.9. The maximum Gasteiger partial charge on any atom is 0.251 e. The van der Waals surface area contributed by atoms with E-state index >= 15 is 0 Å². The summed E-state index contributed by atoms with van der Waals surface area (Å²) in [5.74, 6) is 6.47. The van der Waals surface area contributed by atoms with Crippen LogP contribution in [0.5, 0.6) is 0 Å². The van der Waals surface area contributed by atoms with Crippen molar-refractivity contribution >= 4 is 5.91 Å². The number of nitrogens with two attached hydrogens (primary N) is 1. The van der Waals surface area contributed by atoms with Gasteiger partial charge in [-0.3, -0.25) is 4.79 Å². The molecular formula is C15H16N4O2. The molecule has 0 aliphatic heterocycles. The molecule has 6 nitrogen and oxygen atoms in total. The SMILES string of the molecule is Cc1noc(CNC(=O)c2ccc(C#CCN)c(C)c2)n1. The molecule has 108 valence electrons. The lowest BCUT2D eigenvalue weighted by atomic mass is 10.0. The van der Waals surface area contributed by atoms with Gasteiger partial charge in [-0.25, -0.2) is 0 Å². The molecule has 0 bridgehead atoms. The number of hydrogen-bond acceptors (Lipinski definition) is 5. The Morgan fingerprint density at radius 3 is 2.86 bits per heavy atom. The molecule has 0 atom stereocenters. The van der Waals surface area contributed by atoms with E-state index in [-0.39, 0.29) is 12.5 Å². The first kappa shape index (κ1) is 14.8. The van der Waals surface area contributed by atoms with Gasteiger partial charge in [-0.15, -0.1) is 0 Å². The Hall–Kier alpha value is -2.65. The minimum absolute atomic E-state index is 0.202. The average Bonchev–Trinajstić information content (AvgIpc) is 2.89. The third-order valence-electron chi connectivity index (χ3n) is 2.78. The lowest BCUT2D eigenvalue weighted by Crippen LogP contribution is -2.23. The Bertz CT molecular complexity index is 710. The van der Waals surface area contributed by atoms with Crippen LogP contribution in [0.3, 0.4) is 0 Å². The number of benzene rings is 1. The van der Waals surface area contributed by atoms with E-state index in [2.05, 4.69) is 27.3 Å². The van der Waals surface area contributed by atoms with Crippen LogP contribution in [-0.2, 0) is 6.54 Å². The smallest absolute Gasteiger partial charge is 0.251 e. The van der Waals surface area contributed by atoms with Crippen molar-refractivity contribution in [3.63, 3.8) is 0 Å². The second-order valence-corrected chi connectivity index (χ2v) is 4.45. The van der Waals surface area contributed by atoms with E-state index in [1.165, 1.54) is 0 Å². The predicted octanol–water partition coefficient (Wildman–Crippen LogP) is 0.927. The highest BCUT2D eigenvalue weighted by Crippen LogP contribution is 2.10. The Balaban J connectivity index is 2.04. The molecule has 21 heavy (non-hydrogen) atoms. The first-order valence-electron chi connectivity index (χ1n) is 6.47. The third-order valence-corrected chi connectivity index (χ3v) is 2.78. The van der Waals surface area contributed by atoms with Crippen molar-refractivity contribution in [1.29, 1.82) is 0 Å². The Kier molecular flexibility index (Phi) is 4.69. The second kappa shape index (κ2) is 6.68. The normalized spacial score (nSPS) is 9.86. The molecule has 3 N–H and O–H groups in total. The van der Waals surface area contributed by atoms with E-state index in [0.717, 1.165) is 11.1 Å². The zero-order valence-electron chi connectivity index (χ0n) is 11.9. The summed E-state index contributed by atoms with van der Waals surface area (Å²) in [6, 6.07) is 5.32. The van der Waals surface area contributed by atoms with E-state index in [0.29, 0.717) is 23.8 Å². The standard InChI is InChI=1S/C15H16N4O2/c1-10-8-13(6-5-12(10)4-3-7-16)15(20)17-9-14-18-11(2)19-21-14/h5-6,8H,7,9,16H2,1-2H3,(H,17,20). The van der Waals surface area contributed by atoms with Crippen LogP contribution in [0.15, 0.2) is 22.7 Å². The number of nitrogens with zero attached hydrogens (tertiary/aromatic N) is 2. The van der Waals surface area contributed by atoms with Crippen LogP contribution in [0.1, 0.15) is 33.2 Å². The molecule has 0 saturated carbocycles. The summed E-state index contributed by atoms with van der Waals surface area (Å²) in [6.07, 6.45) is 0. The average molecular weight is 284 g/mol. The fraction of sp³-hybridized carbons (Fsp3) is 0.267. The van der Waals surface area contributed by atoms with Gasteiger partial charge >= 0.3 is 0 Å². The van der Waals surface area contributed by atoms with Crippen molar-refractivity contribution in [1.82, 2.24) is 15.5 Å². The lowest BCUT2D eigenvalue weighted by molar-refractivity contribution is 0.0946. The summed E-state index contributed by atoms with van der Waals surface area (Å²) in [5, 5.41) is 6.39. The molecule has 0 fully saturated rings. The number of nitrogens with one attached hydrogen (secondary N) is 1. The molecule has 1 heterocycles. The molecule has 1 amide bonds. The fourth-order valence-corrected chi connectivity index (χ4v) is 1.76. The predicted molar refractivity (Wildman–Crippen MR) is 77.3 cm³/mol. The summed E-state index contributed by atoms with van der Waals surface area (Å²) in [5.41, 5.74) is 7.69. The van der Waals surface area contributed by atoms with E-state index in [1.807, 2.05) is 13.0 Å². The molecular weight excluding hydrogens is 268 g/mol. The molecule has 0 aliphatic carbocycles. The first-order chi connectivity index (χ1) is 10.1. The van der Waals surface area contributed by atoms with Crippen LogP contribution in [0.25, 0.3) is 0 Å². The molecule has 2 aromatic rings. The monoisotopic (exact) mass is 284 g/mol. The van der Waals surface area contributed by atoms with Crippen molar-refractivity contribution in [2.45, 2.75) is 20.4 Å². The molecule has 1 aromatic heterocycles. The molecule has 0 spiro atoms. The van der Waals surface area contributed by atoms with Crippen LogP contribution in [-0.4, -0.2) is 22.6 Å². The van der Waals surface area contributed by atoms with Gasteiger partial charge in [0.1, 0.15) is 0 Å². The Morgan fingerprint density at radius 2 is 2.24 bits per heavy atom. The Labute approximate surface area is 122 Å². The fourth-order valence-electron chi connectivity index (χ4n) is 1.76. The van der Waals surface area contributed by atoms with E-state index in [1.54, 1.807) is 19.1 Å². The number of aryl methyl sites for hydroxylation is 2. The van der Waals surface area contributed by atoms with Gasteiger partial charge in [-0.1, -0.05) is 17.0 Å². The molecule has 2 rings (SSSR count). The van der Waals surface area contributed by atoms with E-state index < -0.39 is 0 Å². The van der Waals surface area contributed by atoms with Crippen LogP contribution in [0.2, 0.25) is 0 Å². The van der Waals surface area contributed by atoms with E-state index in [4.69, 9.17) is 10.3 Å². The topological polar surface area (TPSA) is 94.0 Å². The summed E-state index contributed by atoms with van der Waals surface area (Å²) >= 11 is 0. The molecule has 0 aliphatic rings. The highest BCUT2D eigenvalue weighted by molar-refractivity contribution is 5.94. The summed E-state index contributed by atoms with van der Waals surface area (Å²) in [4.78, 5) is 16.1. The number of rotatable bonds is 3. The van der Waals surface area contributed by atoms with Gasteiger partial charge < -0.3 is 15.6 Å². The van der Waals surface area contributed by atoms with Crippen LogP contribution in [0.4, 0.5) is 0 Å². The quantitative estimate of drug-likeness (QED) is 0.818. The van der Waals surface area contributed by atoms with Crippen LogP contribution >= 0.6 is 0 Å². The van der Waals surface area contributed by atoms with E-state index in [9.17, 15) is 4.79 Å². The Morgan fingerprint density at radius 1 is 1.43 bits per heavy atom. The van der Waals surface area contributed by atoms with Crippen molar-refractivity contribution in [3.8, 4) is 11.8 Å². The van der Waals surface area contributed by atoms with Gasteiger partial charge in [0.2, 0.25) is 5.89 Å². The second-order valence-electron chi connectivity index (χ2n) is 4.45. The summed E-state index contributed by atoms with van der Waals surface area (Å²) in [7, 11) is 0. The zero-order chi connectivity index (χ0) is 15.2. The number of carbonyl (C=O) groups is 1. The van der Waals surface area contributed by atoms with Gasteiger partial charge in [-0.05, 0) is 37.6 Å². The third kappa shape index (κ3) is 3.91. The van der Waals surface area contributed by atoms with Gasteiger partial charge in [0.15, 0.2) is 5.82 Å². The molecule has 0 unspecified atom stereocenters. The molecule has 0 saturated heterocycles. The maximum atomic E-state index is 12.0. The molecule has 0 radical (unpaired) electrons. The number of hydrogen-bond donors (Lipinski definition) is 2. The number of carbonyl (C=O) groups excluding carboxylic acids is 1. The maximum absolute atomic E-state index is 12.0. The van der Waals surface area contributed by atoms with Gasteiger partial charge in [0.05, 0.1) is 13.1 Å². The molecule has 1 aromatic carbocycles.